The Bertz CT molecular complexity index is 1980. The molecule has 0 aliphatic rings. The molecular formula is C31H27FN10O7. The number of benzene rings is 2. The third-order valence-electron chi connectivity index (χ3n) is 6.83. The number of halogens is 1. The van der Waals surface area contributed by atoms with Gasteiger partial charge in [0.2, 0.25) is 0 Å². The highest BCUT2D eigenvalue weighted by atomic mass is 19.1. The molecule has 4 aromatic rings. The molecule has 2 aromatic heterocycles. The van der Waals surface area contributed by atoms with Crippen molar-refractivity contribution in [2.45, 2.75) is 19.3 Å². The second-order valence-corrected chi connectivity index (χ2v) is 9.96. The lowest BCUT2D eigenvalue weighted by molar-refractivity contribution is -0.110. The number of allylic oxidation sites excluding steroid dienone is 1. The molecule has 0 bridgehead atoms. The molecule has 0 aliphatic heterocycles. The number of aromatic carboxylic acids is 2. The molecule has 0 unspecified atom stereocenters. The zero-order chi connectivity index (χ0) is 35.5. The first-order valence-electron chi connectivity index (χ1n) is 14.1. The van der Waals surface area contributed by atoms with E-state index in [-0.39, 0.29) is 53.2 Å². The Morgan fingerprint density at radius 1 is 1.00 bits per heavy atom. The summed E-state index contributed by atoms with van der Waals surface area (Å²) in [7, 11) is 1.36. The normalized spacial score (nSPS) is 11.0. The molecule has 18 heteroatoms. The first-order valence-corrected chi connectivity index (χ1v) is 14.1. The number of carboxylic acid groups (broad SMARTS) is 2. The average Bonchev–Trinajstić information content (AvgIpc) is 3.63. The van der Waals surface area contributed by atoms with E-state index in [0.717, 1.165) is 24.4 Å². The second kappa shape index (κ2) is 16.0. The molecule has 0 spiro atoms. The second-order valence-electron chi connectivity index (χ2n) is 9.96. The molecule has 17 nitrogen and oxygen atoms in total. The molecule has 6 N–H and O–H groups in total. The van der Waals surface area contributed by atoms with Crippen molar-refractivity contribution in [2.75, 3.05) is 17.7 Å². The van der Waals surface area contributed by atoms with Crippen LogP contribution in [0.1, 0.15) is 48.8 Å². The van der Waals surface area contributed by atoms with E-state index in [4.69, 9.17) is 15.7 Å². The molecule has 0 radical (unpaired) electrons. The van der Waals surface area contributed by atoms with Crippen molar-refractivity contribution in [1.29, 1.82) is 10.9 Å². The first kappa shape index (κ1) is 34.9. The van der Waals surface area contributed by atoms with Crippen LogP contribution in [-0.4, -0.2) is 72.8 Å². The first-order chi connectivity index (χ1) is 23.5. The number of nitrogens with one attached hydrogen (secondary N) is 4. The van der Waals surface area contributed by atoms with Gasteiger partial charge in [0.05, 0.1) is 35.8 Å². The summed E-state index contributed by atoms with van der Waals surface area (Å²) in [6.07, 6.45) is 8.43. The lowest BCUT2D eigenvalue weighted by Gasteiger charge is -2.15. The summed E-state index contributed by atoms with van der Waals surface area (Å²) in [6, 6.07) is 7.53. The summed E-state index contributed by atoms with van der Waals surface area (Å²) < 4.78 is 22.0. The van der Waals surface area contributed by atoms with Crippen LogP contribution in [0.2, 0.25) is 0 Å². The van der Waals surface area contributed by atoms with Crippen LogP contribution in [-0.2, 0) is 17.6 Å². The van der Waals surface area contributed by atoms with Crippen molar-refractivity contribution >= 4 is 47.1 Å². The molecule has 2 aromatic carbocycles. The predicted octanol–water partition coefficient (Wildman–Crippen LogP) is 4.17. The molecule has 0 saturated carbocycles. The predicted molar refractivity (Wildman–Crippen MR) is 172 cm³/mol. The van der Waals surface area contributed by atoms with Gasteiger partial charge in [-0.2, -0.15) is 5.53 Å². The standard InChI is InChI=1S/C31H27FN10O7/c1-49-26-15-25(38-29(44)23-7-8-27(40-39-23)42-11-10-35-16-42)19(30(45)46)12-18(26)5-2-4-17-13-24(20(31(47)48)14-21(17)32)37-28(43)22(33)6-3-9-36-41-34/h3,6-16,33-34H,2,4-5H2,1H3,(H,37,43)(H,38,44)(H,45,46)(H,47,48)/b6-3-,33-22?,36-9+,41-34?. The van der Waals surface area contributed by atoms with Crippen molar-refractivity contribution < 1.29 is 38.5 Å². The van der Waals surface area contributed by atoms with Crippen LogP contribution in [0.15, 0.2) is 77.6 Å². The number of carboxylic acids is 2. The van der Waals surface area contributed by atoms with E-state index in [2.05, 4.69) is 36.1 Å². The molecule has 4 rings (SSSR count). The van der Waals surface area contributed by atoms with E-state index < -0.39 is 40.8 Å². The van der Waals surface area contributed by atoms with Gasteiger partial charge in [-0.3, -0.25) is 19.6 Å². The van der Waals surface area contributed by atoms with Gasteiger partial charge < -0.3 is 25.6 Å². The minimum atomic E-state index is -1.51. The quantitative estimate of drug-likeness (QED) is 0.0597. The van der Waals surface area contributed by atoms with E-state index in [0.29, 0.717) is 11.4 Å². The van der Waals surface area contributed by atoms with Crippen LogP contribution < -0.4 is 15.4 Å². The van der Waals surface area contributed by atoms with E-state index >= 15 is 0 Å². The molecule has 0 aliphatic carbocycles. The number of carbonyl (C=O) groups excluding carboxylic acids is 2. The van der Waals surface area contributed by atoms with Gasteiger partial charge in [0, 0.05) is 18.5 Å². The molecule has 2 heterocycles. The zero-order valence-corrected chi connectivity index (χ0v) is 25.5. The van der Waals surface area contributed by atoms with Crippen LogP contribution >= 0.6 is 0 Å². The molecule has 49 heavy (non-hydrogen) atoms. The number of amides is 2. The Morgan fingerprint density at radius 3 is 2.35 bits per heavy atom. The Kier molecular flexibility index (Phi) is 11.4. The molecule has 0 atom stereocenters. The monoisotopic (exact) mass is 670 g/mol. The highest BCUT2D eigenvalue weighted by molar-refractivity contribution is 6.46. The largest absolute Gasteiger partial charge is 0.496 e. The van der Waals surface area contributed by atoms with Gasteiger partial charge >= 0.3 is 11.9 Å². The van der Waals surface area contributed by atoms with Gasteiger partial charge in [0.1, 0.15) is 23.6 Å². The smallest absolute Gasteiger partial charge is 0.337 e. The van der Waals surface area contributed by atoms with E-state index in [1.54, 1.807) is 23.0 Å². The number of methoxy groups -OCH3 is 1. The summed E-state index contributed by atoms with van der Waals surface area (Å²) >= 11 is 0. The fourth-order valence-corrected chi connectivity index (χ4v) is 4.49. The maximum atomic E-state index is 15.0. The van der Waals surface area contributed by atoms with Gasteiger partial charge in [-0.1, -0.05) is 5.22 Å². The van der Waals surface area contributed by atoms with Gasteiger partial charge in [-0.05, 0) is 72.9 Å². The Balaban J connectivity index is 1.50. The van der Waals surface area contributed by atoms with Crippen LogP contribution in [0.5, 0.6) is 5.75 Å². The van der Waals surface area contributed by atoms with E-state index in [1.165, 1.54) is 37.7 Å². The van der Waals surface area contributed by atoms with Crippen LogP contribution in [0, 0.1) is 16.8 Å². The van der Waals surface area contributed by atoms with Crippen molar-refractivity contribution in [3.05, 3.63) is 101 Å². The van der Waals surface area contributed by atoms with Gasteiger partial charge in [-0.15, -0.1) is 15.3 Å². The highest BCUT2D eigenvalue weighted by Crippen LogP contribution is 2.30. The minimum absolute atomic E-state index is 0.0385. The number of carbonyl (C=O) groups is 4. The van der Waals surface area contributed by atoms with E-state index in [9.17, 15) is 33.8 Å². The van der Waals surface area contributed by atoms with Crippen LogP contribution in [0.4, 0.5) is 15.8 Å². The fourth-order valence-electron chi connectivity index (χ4n) is 4.49. The Hall–Kier alpha value is -6.98. The molecule has 0 saturated heterocycles. The average molecular weight is 671 g/mol. The molecular weight excluding hydrogens is 643 g/mol. The number of hydrogen-bond donors (Lipinski definition) is 6. The summed E-state index contributed by atoms with van der Waals surface area (Å²) in [4.78, 5) is 53.2. The summed E-state index contributed by atoms with van der Waals surface area (Å²) in [5.41, 5.74) is 5.32. The maximum absolute atomic E-state index is 15.0. The number of imidazole rings is 1. The summed E-state index contributed by atoms with van der Waals surface area (Å²) in [5, 5.41) is 45.9. The number of rotatable bonds is 15. The summed E-state index contributed by atoms with van der Waals surface area (Å²) in [5.74, 6) is -4.74. The topological polar surface area (TPSA) is 258 Å². The van der Waals surface area contributed by atoms with Crippen molar-refractivity contribution in [1.82, 2.24) is 19.7 Å². The third kappa shape index (κ3) is 8.85. The number of hydrogen-bond acceptors (Lipinski definition) is 11. The van der Waals surface area contributed by atoms with Gasteiger partial charge in [-0.25, -0.2) is 19.0 Å². The van der Waals surface area contributed by atoms with Crippen LogP contribution in [0.3, 0.4) is 0 Å². The SMILES string of the molecule is COc1cc(NC(=O)c2ccc(-n3ccnc3)nn2)c(C(=O)O)cc1CCCc1cc(NC(=O)C(=N)/C=C\C=N\N=N)c(C(=O)O)cc1F. The van der Waals surface area contributed by atoms with Gasteiger partial charge in [0.15, 0.2) is 11.5 Å². The van der Waals surface area contributed by atoms with Crippen molar-refractivity contribution in [2.24, 2.45) is 10.3 Å². The van der Waals surface area contributed by atoms with Crippen molar-refractivity contribution in [3.8, 4) is 11.6 Å². The summed E-state index contributed by atoms with van der Waals surface area (Å²) in [6.45, 7) is 0. The fraction of sp³-hybridized carbons (Fsp3) is 0.129. The van der Waals surface area contributed by atoms with E-state index in [1.807, 2.05) is 0 Å². The van der Waals surface area contributed by atoms with Gasteiger partial charge in [0.25, 0.3) is 11.8 Å². The minimum Gasteiger partial charge on any atom is -0.496 e. The Morgan fingerprint density at radius 2 is 1.71 bits per heavy atom. The maximum Gasteiger partial charge on any atom is 0.337 e. The number of ether oxygens (including phenoxy) is 1. The number of anilines is 2. The lowest BCUT2D eigenvalue weighted by Crippen LogP contribution is -2.22. The molecule has 0 fully saturated rings. The molecule has 2 amide bonds. The van der Waals surface area contributed by atoms with Crippen molar-refractivity contribution in [3.63, 3.8) is 0 Å². The highest BCUT2D eigenvalue weighted by Gasteiger charge is 2.21. The number of aryl methyl sites for hydroxylation is 2. The molecule has 250 valence electrons. The number of nitrogens with zero attached hydrogens (tertiary/aromatic N) is 6. The third-order valence-corrected chi connectivity index (χ3v) is 6.83. The lowest BCUT2D eigenvalue weighted by atomic mass is 9.98. The Labute approximate surface area is 276 Å². The van der Waals surface area contributed by atoms with Crippen LogP contribution in [0.25, 0.3) is 5.82 Å². The number of aromatic nitrogens is 4. The zero-order valence-electron chi connectivity index (χ0n) is 25.5.